The van der Waals surface area contributed by atoms with Gasteiger partial charge in [0.2, 0.25) is 0 Å². The standard InChI is InChI=1S/C9H19NO2/c1-3-5-9(11)8-10-6-4-7-12-2/h10H,3-8H2,1-2H3. The van der Waals surface area contributed by atoms with Crippen molar-refractivity contribution < 1.29 is 9.53 Å². The van der Waals surface area contributed by atoms with Crippen LogP contribution in [0.3, 0.4) is 0 Å². The molecule has 0 aliphatic carbocycles. The number of ether oxygens (including phenoxy) is 1. The maximum Gasteiger partial charge on any atom is 0.146 e. The first-order chi connectivity index (χ1) is 5.81. The third kappa shape index (κ3) is 7.69. The Bertz CT molecular complexity index is 115. The molecule has 0 aliphatic heterocycles. The highest BCUT2D eigenvalue weighted by Crippen LogP contribution is 1.87. The summed E-state index contributed by atoms with van der Waals surface area (Å²) in [7, 11) is 1.68. The lowest BCUT2D eigenvalue weighted by Gasteiger charge is -2.02. The van der Waals surface area contributed by atoms with Crippen LogP contribution in [-0.4, -0.2) is 32.6 Å². The molecule has 0 amide bonds. The van der Waals surface area contributed by atoms with Gasteiger partial charge in [0.1, 0.15) is 5.78 Å². The second-order valence-electron chi connectivity index (χ2n) is 2.81. The first kappa shape index (κ1) is 11.6. The Morgan fingerprint density at radius 2 is 2.25 bits per heavy atom. The monoisotopic (exact) mass is 173 g/mol. The Morgan fingerprint density at radius 3 is 2.83 bits per heavy atom. The summed E-state index contributed by atoms with van der Waals surface area (Å²) < 4.78 is 4.87. The molecule has 72 valence electrons. The van der Waals surface area contributed by atoms with E-state index in [1.165, 1.54) is 0 Å². The Labute approximate surface area is 74.5 Å². The summed E-state index contributed by atoms with van der Waals surface area (Å²) in [5.41, 5.74) is 0. The van der Waals surface area contributed by atoms with Gasteiger partial charge in [-0.3, -0.25) is 4.79 Å². The van der Waals surface area contributed by atoms with Crippen molar-refractivity contribution in [2.24, 2.45) is 0 Å². The zero-order valence-electron chi connectivity index (χ0n) is 8.06. The van der Waals surface area contributed by atoms with Crippen LogP contribution in [0.2, 0.25) is 0 Å². The Morgan fingerprint density at radius 1 is 1.50 bits per heavy atom. The average molecular weight is 173 g/mol. The molecule has 0 bridgehead atoms. The predicted molar refractivity (Wildman–Crippen MR) is 49.3 cm³/mol. The van der Waals surface area contributed by atoms with E-state index in [0.717, 1.165) is 26.0 Å². The van der Waals surface area contributed by atoms with Gasteiger partial charge < -0.3 is 10.1 Å². The van der Waals surface area contributed by atoms with Gasteiger partial charge in [0, 0.05) is 20.1 Å². The highest BCUT2D eigenvalue weighted by molar-refractivity contribution is 5.80. The first-order valence-electron chi connectivity index (χ1n) is 4.52. The molecule has 0 aromatic carbocycles. The van der Waals surface area contributed by atoms with E-state index in [0.29, 0.717) is 18.7 Å². The lowest BCUT2D eigenvalue weighted by molar-refractivity contribution is -0.118. The molecule has 0 fully saturated rings. The van der Waals surface area contributed by atoms with Gasteiger partial charge in [-0.15, -0.1) is 0 Å². The zero-order valence-corrected chi connectivity index (χ0v) is 8.06. The van der Waals surface area contributed by atoms with E-state index in [2.05, 4.69) is 5.32 Å². The normalized spacial score (nSPS) is 10.2. The number of nitrogens with one attached hydrogen (secondary N) is 1. The molecular weight excluding hydrogens is 154 g/mol. The van der Waals surface area contributed by atoms with Crippen molar-refractivity contribution in [3.8, 4) is 0 Å². The minimum Gasteiger partial charge on any atom is -0.385 e. The lowest BCUT2D eigenvalue weighted by Crippen LogP contribution is -2.24. The number of hydrogen-bond donors (Lipinski definition) is 1. The van der Waals surface area contributed by atoms with Crippen LogP contribution in [0.25, 0.3) is 0 Å². The molecule has 0 unspecified atom stereocenters. The Balaban J connectivity index is 3.03. The third-order valence-corrected chi connectivity index (χ3v) is 1.55. The summed E-state index contributed by atoms with van der Waals surface area (Å²) in [6.45, 7) is 4.15. The number of ketones is 1. The molecule has 0 aromatic heterocycles. The van der Waals surface area contributed by atoms with E-state index in [9.17, 15) is 4.79 Å². The minimum atomic E-state index is 0.301. The van der Waals surface area contributed by atoms with Gasteiger partial charge in [0.05, 0.1) is 6.54 Å². The van der Waals surface area contributed by atoms with Gasteiger partial charge >= 0.3 is 0 Å². The minimum absolute atomic E-state index is 0.301. The highest BCUT2D eigenvalue weighted by Gasteiger charge is 1.97. The number of hydrogen-bond acceptors (Lipinski definition) is 3. The fourth-order valence-corrected chi connectivity index (χ4v) is 0.937. The number of carbonyl (C=O) groups excluding carboxylic acids is 1. The van der Waals surface area contributed by atoms with E-state index in [1.54, 1.807) is 7.11 Å². The topological polar surface area (TPSA) is 38.3 Å². The van der Waals surface area contributed by atoms with E-state index >= 15 is 0 Å². The van der Waals surface area contributed by atoms with Gasteiger partial charge in [0.25, 0.3) is 0 Å². The van der Waals surface area contributed by atoms with E-state index in [1.807, 2.05) is 6.92 Å². The molecular formula is C9H19NO2. The SMILES string of the molecule is CCCC(=O)CNCCCOC. The maximum absolute atomic E-state index is 11.0. The molecule has 0 rings (SSSR count). The molecule has 0 atom stereocenters. The summed E-state index contributed by atoms with van der Waals surface area (Å²) in [4.78, 5) is 11.0. The number of methoxy groups -OCH3 is 1. The van der Waals surface area contributed by atoms with Crippen LogP contribution in [0.1, 0.15) is 26.2 Å². The van der Waals surface area contributed by atoms with Gasteiger partial charge in [-0.2, -0.15) is 0 Å². The molecule has 0 saturated heterocycles. The molecule has 3 heteroatoms. The highest BCUT2D eigenvalue weighted by atomic mass is 16.5. The third-order valence-electron chi connectivity index (χ3n) is 1.55. The van der Waals surface area contributed by atoms with Crippen molar-refractivity contribution in [3.05, 3.63) is 0 Å². The van der Waals surface area contributed by atoms with E-state index in [4.69, 9.17) is 4.74 Å². The second kappa shape index (κ2) is 8.68. The molecule has 3 nitrogen and oxygen atoms in total. The summed E-state index contributed by atoms with van der Waals surface area (Å²) in [6, 6.07) is 0. The smallest absolute Gasteiger partial charge is 0.146 e. The van der Waals surface area contributed by atoms with Crippen LogP contribution in [0.5, 0.6) is 0 Å². The van der Waals surface area contributed by atoms with E-state index < -0.39 is 0 Å². The Kier molecular flexibility index (Phi) is 8.39. The van der Waals surface area contributed by atoms with Gasteiger partial charge in [-0.25, -0.2) is 0 Å². The number of rotatable bonds is 8. The largest absolute Gasteiger partial charge is 0.385 e. The molecule has 12 heavy (non-hydrogen) atoms. The van der Waals surface area contributed by atoms with Crippen LogP contribution >= 0.6 is 0 Å². The predicted octanol–water partition coefficient (Wildman–Crippen LogP) is 0.982. The van der Waals surface area contributed by atoms with Crippen molar-refractivity contribution >= 4 is 5.78 Å². The molecule has 0 heterocycles. The van der Waals surface area contributed by atoms with Crippen molar-refractivity contribution in [1.82, 2.24) is 5.32 Å². The molecule has 0 aliphatic rings. The van der Waals surface area contributed by atoms with Gasteiger partial charge in [-0.1, -0.05) is 6.92 Å². The second-order valence-corrected chi connectivity index (χ2v) is 2.81. The van der Waals surface area contributed by atoms with Crippen LogP contribution in [0.4, 0.5) is 0 Å². The van der Waals surface area contributed by atoms with Crippen LogP contribution < -0.4 is 5.32 Å². The van der Waals surface area contributed by atoms with Crippen molar-refractivity contribution in [1.29, 1.82) is 0 Å². The van der Waals surface area contributed by atoms with Crippen molar-refractivity contribution in [2.75, 3.05) is 26.8 Å². The Hall–Kier alpha value is -0.410. The maximum atomic E-state index is 11.0. The van der Waals surface area contributed by atoms with Crippen molar-refractivity contribution in [3.63, 3.8) is 0 Å². The summed E-state index contributed by atoms with van der Waals surface area (Å²) in [6.07, 6.45) is 2.60. The van der Waals surface area contributed by atoms with Gasteiger partial charge in [-0.05, 0) is 19.4 Å². The average Bonchev–Trinajstić information content (AvgIpc) is 2.05. The first-order valence-corrected chi connectivity index (χ1v) is 4.52. The van der Waals surface area contributed by atoms with Crippen LogP contribution in [-0.2, 0) is 9.53 Å². The molecule has 1 N–H and O–H groups in total. The summed E-state index contributed by atoms with van der Waals surface area (Å²) in [5, 5.41) is 3.08. The zero-order chi connectivity index (χ0) is 9.23. The number of carbonyl (C=O) groups is 1. The quantitative estimate of drug-likeness (QED) is 0.556. The number of Topliss-reactive ketones (excluding diaryl/α,β-unsaturated/α-hetero) is 1. The van der Waals surface area contributed by atoms with Crippen LogP contribution in [0, 0.1) is 0 Å². The lowest BCUT2D eigenvalue weighted by atomic mass is 10.2. The molecule has 0 radical (unpaired) electrons. The van der Waals surface area contributed by atoms with Gasteiger partial charge in [0.15, 0.2) is 0 Å². The fraction of sp³-hybridized carbons (Fsp3) is 0.889. The molecule has 0 aromatic rings. The molecule has 0 spiro atoms. The van der Waals surface area contributed by atoms with Crippen molar-refractivity contribution in [2.45, 2.75) is 26.2 Å². The summed E-state index contributed by atoms with van der Waals surface area (Å²) in [5.74, 6) is 0.301. The fourth-order valence-electron chi connectivity index (χ4n) is 0.937. The van der Waals surface area contributed by atoms with E-state index in [-0.39, 0.29) is 0 Å². The molecule has 0 saturated carbocycles. The van der Waals surface area contributed by atoms with Crippen LogP contribution in [0.15, 0.2) is 0 Å². The summed E-state index contributed by atoms with van der Waals surface area (Å²) >= 11 is 0.